The van der Waals surface area contributed by atoms with Crippen LogP contribution in [0.5, 0.6) is 0 Å². The van der Waals surface area contributed by atoms with E-state index in [0.717, 1.165) is 31.0 Å². The van der Waals surface area contributed by atoms with E-state index < -0.39 is 5.97 Å². The van der Waals surface area contributed by atoms with Gasteiger partial charge in [-0.2, -0.15) is 0 Å². The van der Waals surface area contributed by atoms with E-state index >= 15 is 0 Å². The highest BCUT2D eigenvalue weighted by Crippen LogP contribution is 2.25. The molecule has 0 amide bonds. The van der Waals surface area contributed by atoms with Gasteiger partial charge in [0, 0.05) is 32.0 Å². The van der Waals surface area contributed by atoms with Crippen LogP contribution < -0.4 is 0 Å². The van der Waals surface area contributed by atoms with Gasteiger partial charge in [0.25, 0.3) is 0 Å². The summed E-state index contributed by atoms with van der Waals surface area (Å²) in [6.07, 6.45) is 4.01. The SMILES string of the molecule is CC(C(=O)O)C1CN(Cc2cn3ccccc3n2)C1. The zero-order valence-electron chi connectivity index (χ0n) is 10.9. The van der Waals surface area contributed by atoms with Crippen LogP contribution in [0.15, 0.2) is 30.6 Å². The summed E-state index contributed by atoms with van der Waals surface area (Å²) >= 11 is 0. The molecular formula is C14H17N3O2. The fourth-order valence-corrected chi connectivity index (χ4v) is 2.55. The molecule has 1 atom stereocenters. The molecule has 19 heavy (non-hydrogen) atoms. The highest BCUT2D eigenvalue weighted by molar-refractivity contribution is 5.70. The molecule has 3 heterocycles. The van der Waals surface area contributed by atoms with E-state index in [0.29, 0.717) is 0 Å². The number of carboxylic acid groups (broad SMARTS) is 1. The summed E-state index contributed by atoms with van der Waals surface area (Å²) in [5.41, 5.74) is 1.99. The van der Waals surface area contributed by atoms with Crippen molar-refractivity contribution < 1.29 is 9.90 Å². The van der Waals surface area contributed by atoms with E-state index in [4.69, 9.17) is 5.11 Å². The van der Waals surface area contributed by atoms with E-state index in [1.807, 2.05) is 35.0 Å². The first-order valence-corrected chi connectivity index (χ1v) is 6.51. The molecule has 0 spiro atoms. The van der Waals surface area contributed by atoms with Gasteiger partial charge in [-0.1, -0.05) is 13.0 Å². The third kappa shape index (κ3) is 2.33. The van der Waals surface area contributed by atoms with Gasteiger partial charge in [-0.05, 0) is 18.1 Å². The molecule has 1 saturated heterocycles. The number of fused-ring (bicyclic) bond motifs is 1. The second-order valence-electron chi connectivity index (χ2n) is 5.28. The largest absolute Gasteiger partial charge is 0.481 e. The molecule has 0 radical (unpaired) electrons. The van der Waals surface area contributed by atoms with Gasteiger partial charge in [-0.25, -0.2) is 4.98 Å². The molecule has 0 bridgehead atoms. The van der Waals surface area contributed by atoms with Gasteiger partial charge in [-0.3, -0.25) is 9.69 Å². The first kappa shape index (κ1) is 12.2. The molecule has 1 unspecified atom stereocenters. The lowest BCUT2D eigenvalue weighted by Gasteiger charge is -2.40. The minimum absolute atomic E-state index is 0.252. The number of pyridine rings is 1. The van der Waals surface area contributed by atoms with Gasteiger partial charge >= 0.3 is 5.97 Å². The Hall–Kier alpha value is -1.88. The summed E-state index contributed by atoms with van der Waals surface area (Å²) in [6, 6.07) is 5.93. The Kier molecular flexibility index (Phi) is 2.98. The zero-order valence-corrected chi connectivity index (χ0v) is 10.9. The molecule has 3 rings (SSSR count). The minimum atomic E-state index is -0.697. The number of carbonyl (C=O) groups is 1. The van der Waals surface area contributed by atoms with Crippen LogP contribution in [0.25, 0.3) is 5.65 Å². The van der Waals surface area contributed by atoms with Crippen molar-refractivity contribution in [3.05, 3.63) is 36.3 Å². The molecule has 0 aliphatic carbocycles. The summed E-state index contributed by atoms with van der Waals surface area (Å²) in [6.45, 7) is 4.28. The Morgan fingerprint density at radius 3 is 3.00 bits per heavy atom. The zero-order chi connectivity index (χ0) is 13.4. The third-order valence-corrected chi connectivity index (χ3v) is 3.88. The molecule has 1 aliphatic rings. The van der Waals surface area contributed by atoms with Crippen LogP contribution in [0.2, 0.25) is 0 Å². The van der Waals surface area contributed by atoms with Gasteiger partial charge in [0.15, 0.2) is 0 Å². The predicted octanol–water partition coefficient (Wildman–Crippen LogP) is 1.49. The van der Waals surface area contributed by atoms with Gasteiger partial charge < -0.3 is 9.51 Å². The molecule has 2 aromatic heterocycles. The Balaban J connectivity index is 1.60. The Morgan fingerprint density at radius 2 is 2.32 bits per heavy atom. The van der Waals surface area contributed by atoms with Crippen LogP contribution in [0.4, 0.5) is 0 Å². The number of aliphatic carboxylic acids is 1. The van der Waals surface area contributed by atoms with Crippen LogP contribution >= 0.6 is 0 Å². The number of aromatic nitrogens is 2. The predicted molar refractivity (Wildman–Crippen MR) is 70.8 cm³/mol. The maximum Gasteiger partial charge on any atom is 0.306 e. The standard InChI is InChI=1S/C14H17N3O2/c1-10(14(18)19)11-6-16(7-11)8-12-9-17-5-3-2-4-13(17)15-12/h2-5,9-11H,6-8H2,1H3,(H,18,19). The summed E-state index contributed by atoms with van der Waals surface area (Å²) in [5.74, 6) is -0.677. The summed E-state index contributed by atoms with van der Waals surface area (Å²) in [4.78, 5) is 17.7. The number of carboxylic acids is 1. The van der Waals surface area contributed by atoms with Crippen molar-refractivity contribution in [2.24, 2.45) is 11.8 Å². The molecule has 0 saturated carbocycles. The van der Waals surface area contributed by atoms with Crippen molar-refractivity contribution in [3.8, 4) is 0 Å². The van der Waals surface area contributed by atoms with Crippen LogP contribution in [0.1, 0.15) is 12.6 Å². The molecule has 2 aromatic rings. The monoisotopic (exact) mass is 259 g/mol. The molecule has 1 fully saturated rings. The number of imidazole rings is 1. The molecule has 5 nitrogen and oxygen atoms in total. The first-order chi connectivity index (χ1) is 9.13. The Bertz CT molecular complexity index is 569. The fourth-order valence-electron chi connectivity index (χ4n) is 2.55. The van der Waals surface area contributed by atoms with E-state index in [1.54, 1.807) is 6.92 Å². The fraction of sp³-hybridized carbons (Fsp3) is 0.429. The van der Waals surface area contributed by atoms with E-state index in [1.165, 1.54) is 0 Å². The maximum atomic E-state index is 10.9. The van der Waals surface area contributed by atoms with Crippen LogP contribution in [0, 0.1) is 11.8 Å². The molecule has 5 heteroatoms. The molecule has 1 N–H and O–H groups in total. The highest BCUT2D eigenvalue weighted by atomic mass is 16.4. The Labute approximate surface area is 111 Å². The number of hydrogen-bond donors (Lipinski definition) is 1. The minimum Gasteiger partial charge on any atom is -0.481 e. The average Bonchev–Trinajstić information content (AvgIpc) is 2.74. The lowest BCUT2D eigenvalue weighted by atomic mass is 9.87. The van der Waals surface area contributed by atoms with Crippen molar-refractivity contribution in [3.63, 3.8) is 0 Å². The number of rotatable bonds is 4. The molecule has 100 valence electrons. The number of hydrogen-bond acceptors (Lipinski definition) is 3. The lowest BCUT2D eigenvalue weighted by molar-refractivity contribution is -0.145. The topological polar surface area (TPSA) is 57.8 Å². The van der Waals surface area contributed by atoms with Crippen LogP contribution in [-0.2, 0) is 11.3 Å². The third-order valence-electron chi connectivity index (χ3n) is 3.88. The molecule has 1 aliphatic heterocycles. The lowest BCUT2D eigenvalue weighted by Crippen LogP contribution is -2.50. The molecular weight excluding hydrogens is 242 g/mol. The summed E-state index contributed by atoms with van der Waals surface area (Å²) in [5, 5.41) is 8.95. The second kappa shape index (κ2) is 4.66. The average molecular weight is 259 g/mol. The second-order valence-corrected chi connectivity index (χ2v) is 5.28. The number of nitrogens with zero attached hydrogens (tertiary/aromatic N) is 3. The normalized spacial score (nSPS) is 18.4. The van der Waals surface area contributed by atoms with Crippen LogP contribution in [0.3, 0.4) is 0 Å². The maximum absolute atomic E-state index is 10.9. The summed E-state index contributed by atoms with van der Waals surface area (Å²) in [7, 11) is 0. The quantitative estimate of drug-likeness (QED) is 0.903. The molecule has 0 aromatic carbocycles. The van der Waals surface area contributed by atoms with Gasteiger partial charge in [0.1, 0.15) is 5.65 Å². The smallest absolute Gasteiger partial charge is 0.306 e. The van der Waals surface area contributed by atoms with E-state index in [9.17, 15) is 4.79 Å². The van der Waals surface area contributed by atoms with Crippen molar-refractivity contribution >= 4 is 11.6 Å². The van der Waals surface area contributed by atoms with Crippen molar-refractivity contribution in [2.75, 3.05) is 13.1 Å². The van der Waals surface area contributed by atoms with Crippen LogP contribution in [-0.4, -0.2) is 38.4 Å². The summed E-state index contributed by atoms with van der Waals surface area (Å²) < 4.78 is 2.01. The first-order valence-electron chi connectivity index (χ1n) is 6.51. The van der Waals surface area contributed by atoms with Crippen molar-refractivity contribution in [1.82, 2.24) is 14.3 Å². The van der Waals surface area contributed by atoms with Gasteiger partial charge in [-0.15, -0.1) is 0 Å². The highest BCUT2D eigenvalue weighted by Gasteiger charge is 2.34. The van der Waals surface area contributed by atoms with Crippen molar-refractivity contribution in [1.29, 1.82) is 0 Å². The Morgan fingerprint density at radius 1 is 1.53 bits per heavy atom. The van der Waals surface area contributed by atoms with E-state index in [-0.39, 0.29) is 11.8 Å². The van der Waals surface area contributed by atoms with Gasteiger partial charge in [0.05, 0.1) is 11.6 Å². The van der Waals surface area contributed by atoms with Gasteiger partial charge in [0.2, 0.25) is 0 Å². The van der Waals surface area contributed by atoms with E-state index in [2.05, 4.69) is 9.88 Å². The number of likely N-dealkylation sites (tertiary alicyclic amines) is 1. The van der Waals surface area contributed by atoms with Crippen molar-refractivity contribution in [2.45, 2.75) is 13.5 Å².